The molecule has 2 aliphatic rings. The Hall–Kier alpha value is -4.33. The van der Waals surface area contributed by atoms with E-state index in [-0.39, 0.29) is 0 Å². The van der Waals surface area contributed by atoms with Crippen molar-refractivity contribution in [2.45, 2.75) is 0 Å². The van der Waals surface area contributed by atoms with Crippen molar-refractivity contribution in [3.63, 3.8) is 0 Å². The Bertz CT molecular complexity index is 2010. The SMILES string of the molecule is Brc1cc2ccccc2c2c1O[B-]1(Oc3ccccc3C(/C=C/c3ccccc3)=[O+]1)Oc1c(Br)cc3ccccc3c1-2. The van der Waals surface area contributed by atoms with Gasteiger partial charge in [-0.25, -0.2) is 0 Å². The van der Waals surface area contributed by atoms with Gasteiger partial charge in [-0.1, -0.05) is 91.0 Å². The molecule has 0 bridgehead atoms. The van der Waals surface area contributed by atoms with Crippen molar-refractivity contribution < 1.29 is 18.3 Å². The number of hydrogen-bond acceptors (Lipinski definition) is 3. The van der Waals surface area contributed by atoms with Gasteiger partial charge in [0.1, 0.15) is 17.1 Å². The van der Waals surface area contributed by atoms with Crippen molar-refractivity contribution >= 4 is 72.2 Å². The fourth-order valence-corrected chi connectivity index (χ4v) is 6.84. The Morgan fingerprint density at radius 1 is 0.571 bits per heavy atom. The fraction of sp³-hybridized carbons (Fsp3) is 0. The van der Waals surface area contributed by atoms with Gasteiger partial charge in [-0.05, 0) is 89.3 Å². The maximum Gasteiger partial charge on any atom is 1.04 e. The van der Waals surface area contributed by atoms with E-state index in [0.717, 1.165) is 52.7 Å². The molecule has 2 aliphatic heterocycles. The van der Waals surface area contributed by atoms with Crippen LogP contribution in [0.3, 0.4) is 0 Å². The van der Waals surface area contributed by atoms with Gasteiger partial charge in [-0.15, -0.1) is 0 Å². The average molecular weight is 676 g/mol. The van der Waals surface area contributed by atoms with Gasteiger partial charge < -0.3 is 18.3 Å². The van der Waals surface area contributed by atoms with Crippen molar-refractivity contribution in [1.29, 1.82) is 0 Å². The maximum atomic E-state index is 6.82. The highest BCUT2D eigenvalue weighted by Gasteiger charge is 2.62. The number of ketones is 1. The first kappa shape index (κ1) is 25.4. The molecule has 8 rings (SSSR count). The zero-order chi connectivity index (χ0) is 28.3. The molecule has 1 spiro atoms. The van der Waals surface area contributed by atoms with E-state index in [1.807, 2.05) is 91.0 Å². The van der Waals surface area contributed by atoms with E-state index in [1.54, 1.807) is 0 Å². The average Bonchev–Trinajstić information content (AvgIpc) is 3.16. The second kappa shape index (κ2) is 9.90. The first-order valence-corrected chi connectivity index (χ1v) is 15.2. The minimum absolute atomic E-state index is 0.583. The number of rotatable bonds is 2. The molecular weight excluding hydrogens is 655 g/mol. The van der Waals surface area contributed by atoms with Crippen molar-refractivity contribution in [1.82, 2.24) is 0 Å². The monoisotopic (exact) mass is 674 g/mol. The minimum atomic E-state index is -2.86. The first-order valence-electron chi connectivity index (χ1n) is 13.6. The van der Waals surface area contributed by atoms with Crippen molar-refractivity contribution in [2.24, 2.45) is 0 Å². The number of fused-ring (bicyclic) bond motifs is 8. The Morgan fingerprint density at radius 2 is 1.12 bits per heavy atom. The normalized spacial score (nSPS) is 14.8. The number of allylic oxidation sites excluding steroid dienone is 1. The smallest absolute Gasteiger partial charge is 0.551 e. The quantitative estimate of drug-likeness (QED) is 0.104. The molecule has 2 heterocycles. The summed E-state index contributed by atoms with van der Waals surface area (Å²) in [5, 5.41) is 4.19. The van der Waals surface area contributed by atoms with E-state index >= 15 is 0 Å². The summed E-state index contributed by atoms with van der Waals surface area (Å²) in [5.74, 6) is 2.36. The Kier molecular flexibility index (Phi) is 5.98. The lowest BCUT2D eigenvalue weighted by atomic mass is 9.92. The number of carbonyl (C=O) groups excluding carboxylic acids is 1. The molecule has 0 unspecified atom stereocenters. The van der Waals surface area contributed by atoms with Gasteiger partial charge in [-0.3, -0.25) is 0 Å². The summed E-state index contributed by atoms with van der Waals surface area (Å²) in [4.78, 5) is 0. The summed E-state index contributed by atoms with van der Waals surface area (Å²) in [6, 6.07) is 38.5. The first-order chi connectivity index (χ1) is 20.6. The van der Waals surface area contributed by atoms with Gasteiger partial charge in [-0.2, -0.15) is 0 Å². The molecule has 0 saturated heterocycles. The lowest BCUT2D eigenvalue weighted by Gasteiger charge is -2.31. The van der Waals surface area contributed by atoms with Crippen LogP contribution in [0, 0.1) is 0 Å². The van der Waals surface area contributed by atoms with Crippen LogP contribution in [-0.2, 0) is 0 Å². The van der Waals surface area contributed by atoms with Crippen LogP contribution in [0.1, 0.15) is 15.5 Å². The predicted octanol–water partition coefficient (Wildman–Crippen LogP) is 9.92. The van der Waals surface area contributed by atoms with Crippen LogP contribution < -0.4 is 14.0 Å². The molecule has 0 atom stereocenters. The third kappa shape index (κ3) is 4.15. The van der Waals surface area contributed by atoms with Crippen LogP contribution in [0.4, 0.5) is 0 Å². The second-order valence-corrected chi connectivity index (χ2v) is 11.9. The van der Waals surface area contributed by atoms with E-state index in [1.165, 1.54) is 0 Å². The molecule has 4 nitrogen and oxygen atoms in total. The highest BCUT2D eigenvalue weighted by molar-refractivity contribution is 9.11. The molecule has 0 saturated carbocycles. The van der Waals surface area contributed by atoms with Gasteiger partial charge >= 0.3 is 6.96 Å². The molecule has 7 heteroatoms. The molecule has 0 fully saturated rings. The summed E-state index contributed by atoms with van der Waals surface area (Å²) >= 11 is 7.63. The summed E-state index contributed by atoms with van der Waals surface area (Å²) < 4.78 is 28.4. The van der Waals surface area contributed by atoms with Gasteiger partial charge in [0.15, 0.2) is 0 Å². The Balaban J connectivity index is 1.43. The van der Waals surface area contributed by atoms with Crippen molar-refractivity contribution in [3.05, 3.63) is 141 Å². The molecule has 0 amide bonds. The maximum absolute atomic E-state index is 6.82. The summed E-state index contributed by atoms with van der Waals surface area (Å²) in [6.45, 7) is -2.86. The number of hydrogen-bond donors (Lipinski definition) is 0. The number of halogens is 2. The molecule has 202 valence electrons. The van der Waals surface area contributed by atoms with Gasteiger partial charge in [0.05, 0.1) is 14.7 Å². The third-order valence-corrected chi connectivity index (χ3v) is 8.79. The largest absolute Gasteiger partial charge is 1.04 e. The third-order valence-electron chi connectivity index (χ3n) is 7.61. The van der Waals surface area contributed by atoms with E-state index in [2.05, 4.69) is 68.3 Å². The van der Waals surface area contributed by atoms with Gasteiger partial charge in [0.25, 0.3) is 5.78 Å². The standard InChI is InChI=1S/C35H21BBr2O4/c37-28-20-23-12-4-6-14-25(23)32-33-26-15-7-5-13-24(26)21-29(38)35(33)42-36(41-34(28)32)39-30-17-9-8-16-27(30)31(40-36)19-18-22-10-2-1-3-11-22/h1-21H/b19-18+. The summed E-state index contributed by atoms with van der Waals surface area (Å²) in [7, 11) is 0. The van der Waals surface area contributed by atoms with Crippen LogP contribution in [0.5, 0.6) is 17.2 Å². The number of benzene rings is 6. The zero-order valence-corrected chi connectivity index (χ0v) is 25.3. The molecular formula is C35H21BBr2O4. The van der Waals surface area contributed by atoms with Crippen LogP contribution in [-0.4, -0.2) is 12.7 Å². The number of para-hydroxylation sites is 1. The molecule has 0 aliphatic carbocycles. The molecule has 0 radical (unpaired) electrons. The zero-order valence-electron chi connectivity index (χ0n) is 22.1. The van der Waals surface area contributed by atoms with Crippen LogP contribution in [0.2, 0.25) is 0 Å². The highest BCUT2D eigenvalue weighted by atomic mass is 79.9. The van der Waals surface area contributed by atoms with E-state index in [0.29, 0.717) is 23.0 Å². The van der Waals surface area contributed by atoms with Crippen molar-refractivity contribution in [2.75, 3.05) is 0 Å². The highest BCUT2D eigenvalue weighted by Crippen LogP contribution is 2.54. The Labute approximate surface area is 259 Å². The second-order valence-electron chi connectivity index (χ2n) is 10.2. The van der Waals surface area contributed by atoms with E-state index in [9.17, 15) is 0 Å². The minimum Gasteiger partial charge on any atom is -0.551 e. The fourth-order valence-electron chi connectivity index (χ4n) is 5.76. The van der Waals surface area contributed by atoms with Crippen LogP contribution in [0.15, 0.2) is 130 Å². The predicted molar refractivity (Wildman–Crippen MR) is 176 cm³/mol. The van der Waals surface area contributed by atoms with Gasteiger partial charge in [0.2, 0.25) is 0 Å². The van der Waals surface area contributed by atoms with Crippen molar-refractivity contribution in [3.8, 4) is 28.4 Å². The van der Waals surface area contributed by atoms with E-state index < -0.39 is 6.96 Å². The Morgan fingerprint density at radius 3 is 1.76 bits per heavy atom. The lowest BCUT2D eigenvalue weighted by Crippen LogP contribution is -2.56. The van der Waals surface area contributed by atoms with E-state index in [4.69, 9.17) is 18.3 Å². The topological polar surface area (TPSA) is 39.0 Å². The molecule has 6 aromatic carbocycles. The molecule has 42 heavy (non-hydrogen) atoms. The van der Waals surface area contributed by atoms with Crippen LogP contribution in [0.25, 0.3) is 38.7 Å². The molecule has 0 aromatic heterocycles. The molecule has 0 N–H and O–H groups in total. The summed E-state index contributed by atoms with van der Waals surface area (Å²) in [5.41, 5.74) is 3.66. The lowest BCUT2D eigenvalue weighted by molar-refractivity contribution is -0.198. The van der Waals surface area contributed by atoms with Crippen LogP contribution >= 0.6 is 31.9 Å². The summed E-state index contributed by atoms with van der Waals surface area (Å²) in [6.07, 6.45) is 3.94. The van der Waals surface area contributed by atoms with Gasteiger partial charge in [0, 0.05) is 17.2 Å². The molecule has 6 aromatic rings.